The highest BCUT2D eigenvalue weighted by Gasteiger charge is 1.87. The zero-order chi connectivity index (χ0) is 11.7. The Bertz CT molecular complexity index is 334. The van der Waals surface area contributed by atoms with Gasteiger partial charge in [0, 0.05) is 17.8 Å². The van der Waals surface area contributed by atoms with E-state index in [1.54, 1.807) is 0 Å². The van der Waals surface area contributed by atoms with E-state index in [-0.39, 0.29) is 0 Å². The molecule has 0 bridgehead atoms. The molecule has 0 heterocycles. The molecule has 15 heavy (non-hydrogen) atoms. The van der Waals surface area contributed by atoms with Gasteiger partial charge in [0.2, 0.25) is 10.5 Å². The quantitative estimate of drug-likeness (QED) is 0.495. The minimum absolute atomic E-state index is 0.709. The number of nitrogen functional groups attached to an aromatic ring is 1. The van der Waals surface area contributed by atoms with Crippen LogP contribution in [0.1, 0.15) is 0 Å². The van der Waals surface area contributed by atoms with Gasteiger partial charge in [-0.2, -0.15) is 0 Å². The summed E-state index contributed by atoms with van der Waals surface area (Å²) in [5.41, 5.74) is 6.18. The minimum Gasteiger partial charge on any atom is -0.399 e. The molecule has 0 aliphatic rings. The highest BCUT2D eigenvalue weighted by molar-refractivity contribution is 6.69. The van der Waals surface area contributed by atoms with E-state index < -0.39 is 10.5 Å². The predicted octanol–water partition coefficient (Wildman–Crippen LogP) is 2.34. The van der Waals surface area contributed by atoms with Crippen molar-refractivity contribution < 1.29 is 9.59 Å². The third-order valence-corrected chi connectivity index (χ3v) is 1.40. The Morgan fingerprint density at radius 3 is 1.60 bits per heavy atom. The van der Waals surface area contributed by atoms with Crippen LogP contribution >= 0.6 is 23.2 Å². The van der Waals surface area contributed by atoms with Crippen LogP contribution in [0.25, 0.3) is 0 Å². The smallest absolute Gasteiger partial charge is 0.245 e. The summed E-state index contributed by atoms with van der Waals surface area (Å²) in [4.78, 5) is 19.6. The number of halogens is 2. The molecule has 0 amide bonds. The number of rotatable bonds is 2. The van der Waals surface area contributed by atoms with E-state index in [2.05, 4.69) is 0 Å². The van der Waals surface area contributed by atoms with Gasteiger partial charge in [-0.25, -0.2) is 0 Å². The Balaban J connectivity index is 0.000000262. The summed E-state index contributed by atoms with van der Waals surface area (Å²) in [6.45, 7) is 0. The fourth-order valence-corrected chi connectivity index (χ4v) is 0.710. The van der Waals surface area contributed by atoms with E-state index in [0.29, 0.717) is 0 Å². The number of allylic oxidation sites excluding steroid dienone is 2. The zero-order valence-electron chi connectivity index (χ0n) is 7.69. The summed E-state index contributed by atoms with van der Waals surface area (Å²) in [6, 6.07) is 9.49. The molecule has 0 aromatic heterocycles. The molecule has 0 unspecified atom stereocenters. The molecule has 0 atom stereocenters. The lowest BCUT2D eigenvalue weighted by atomic mass is 10.3. The summed E-state index contributed by atoms with van der Waals surface area (Å²) in [5.74, 6) is 0. The SMILES string of the molecule is Nc1ccccc1.O=C(Cl)/C=C\C(=O)Cl. The normalized spacial score (nSPS) is 9.20. The summed E-state index contributed by atoms with van der Waals surface area (Å²) in [5, 5.41) is -1.42. The van der Waals surface area contributed by atoms with Crippen LogP contribution in [0.2, 0.25) is 0 Å². The fourth-order valence-electron chi connectivity index (χ4n) is 0.584. The van der Waals surface area contributed by atoms with Gasteiger partial charge in [-0.15, -0.1) is 0 Å². The van der Waals surface area contributed by atoms with Crippen molar-refractivity contribution in [3.05, 3.63) is 42.5 Å². The molecule has 0 saturated heterocycles. The summed E-state index contributed by atoms with van der Waals surface area (Å²) in [7, 11) is 0. The zero-order valence-corrected chi connectivity index (χ0v) is 9.20. The Morgan fingerprint density at radius 2 is 1.40 bits per heavy atom. The lowest BCUT2D eigenvalue weighted by molar-refractivity contribution is -0.109. The van der Waals surface area contributed by atoms with Crippen molar-refractivity contribution in [3.63, 3.8) is 0 Å². The maximum Gasteiger partial charge on any atom is 0.245 e. The van der Waals surface area contributed by atoms with Crippen LogP contribution in [-0.4, -0.2) is 10.5 Å². The van der Waals surface area contributed by atoms with Crippen molar-refractivity contribution in [2.75, 3.05) is 5.73 Å². The van der Waals surface area contributed by atoms with Crippen molar-refractivity contribution >= 4 is 39.4 Å². The molecule has 0 radical (unpaired) electrons. The number of anilines is 1. The Hall–Kier alpha value is -1.32. The molecule has 1 rings (SSSR count). The van der Waals surface area contributed by atoms with Crippen LogP contribution in [0.15, 0.2) is 42.5 Å². The van der Waals surface area contributed by atoms with Gasteiger partial charge >= 0.3 is 0 Å². The van der Waals surface area contributed by atoms with Gasteiger partial charge < -0.3 is 5.73 Å². The van der Waals surface area contributed by atoms with Gasteiger partial charge in [-0.3, -0.25) is 9.59 Å². The molecule has 3 nitrogen and oxygen atoms in total. The number of para-hydroxylation sites is 1. The first-order chi connectivity index (χ1) is 7.02. The minimum atomic E-state index is -0.709. The third-order valence-electron chi connectivity index (χ3n) is 1.14. The van der Waals surface area contributed by atoms with Crippen LogP contribution < -0.4 is 5.73 Å². The molecule has 1 aromatic rings. The second kappa shape index (κ2) is 8.03. The van der Waals surface area contributed by atoms with Crippen LogP contribution in [0, 0.1) is 0 Å². The molecule has 0 spiro atoms. The van der Waals surface area contributed by atoms with Gasteiger partial charge in [0.1, 0.15) is 0 Å². The Morgan fingerprint density at radius 1 is 1.00 bits per heavy atom. The van der Waals surface area contributed by atoms with E-state index >= 15 is 0 Å². The van der Waals surface area contributed by atoms with E-state index in [1.165, 1.54) is 0 Å². The number of hydrogen-bond acceptors (Lipinski definition) is 3. The standard InChI is InChI=1S/C6H7N.C4H2Cl2O2/c7-6-4-2-1-3-5-6;5-3(7)1-2-4(6)8/h1-5H,7H2;1-2H/b;2-1-. The van der Waals surface area contributed by atoms with Crippen LogP contribution in [-0.2, 0) is 9.59 Å². The lowest BCUT2D eigenvalue weighted by Gasteiger charge is -1.83. The highest BCUT2D eigenvalue weighted by Crippen LogP contribution is 1.95. The monoisotopic (exact) mass is 245 g/mol. The Kier molecular flexibility index (Phi) is 7.32. The first-order valence-corrected chi connectivity index (χ1v) is 4.65. The number of carbonyl (C=O) groups is 2. The van der Waals surface area contributed by atoms with Crippen LogP contribution in [0.3, 0.4) is 0 Å². The van der Waals surface area contributed by atoms with Gasteiger partial charge in [0.05, 0.1) is 0 Å². The summed E-state index contributed by atoms with van der Waals surface area (Å²) >= 11 is 9.57. The number of carbonyl (C=O) groups excluding carboxylic acids is 2. The van der Waals surface area contributed by atoms with E-state index in [1.807, 2.05) is 30.3 Å². The van der Waals surface area contributed by atoms with Gasteiger partial charge in [0.25, 0.3) is 0 Å². The van der Waals surface area contributed by atoms with Gasteiger partial charge in [-0.1, -0.05) is 18.2 Å². The van der Waals surface area contributed by atoms with Crippen molar-refractivity contribution in [1.82, 2.24) is 0 Å². The largest absolute Gasteiger partial charge is 0.399 e. The first-order valence-electron chi connectivity index (χ1n) is 3.90. The number of hydrogen-bond donors (Lipinski definition) is 1. The summed E-state index contributed by atoms with van der Waals surface area (Å²) < 4.78 is 0. The van der Waals surface area contributed by atoms with Crippen LogP contribution in [0.4, 0.5) is 5.69 Å². The number of nitrogens with two attached hydrogens (primary N) is 1. The van der Waals surface area contributed by atoms with Gasteiger partial charge in [0.15, 0.2) is 0 Å². The average Bonchev–Trinajstić information content (AvgIpc) is 2.17. The van der Waals surface area contributed by atoms with Crippen molar-refractivity contribution in [2.24, 2.45) is 0 Å². The maximum absolute atomic E-state index is 9.82. The van der Waals surface area contributed by atoms with E-state index in [0.717, 1.165) is 17.8 Å². The molecule has 80 valence electrons. The Labute approximate surface area is 97.5 Å². The van der Waals surface area contributed by atoms with E-state index in [4.69, 9.17) is 28.9 Å². The molecule has 2 N–H and O–H groups in total. The van der Waals surface area contributed by atoms with Crippen molar-refractivity contribution in [1.29, 1.82) is 0 Å². The van der Waals surface area contributed by atoms with Crippen LogP contribution in [0.5, 0.6) is 0 Å². The predicted molar refractivity (Wildman–Crippen MR) is 61.7 cm³/mol. The second-order valence-electron chi connectivity index (χ2n) is 2.35. The third kappa shape index (κ3) is 10.6. The molecule has 0 saturated carbocycles. The summed E-state index contributed by atoms with van der Waals surface area (Å²) in [6.07, 6.45) is 1.77. The average molecular weight is 246 g/mol. The molecule has 5 heteroatoms. The van der Waals surface area contributed by atoms with Crippen molar-refractivity contribution in [3.8, 4) is 0 Å². The molecule has 0 aliphatic heterocycles. The molecule has 1 aromatic carbocycles. The first kappa shape index (κ1) is 13.7. The maximum atomic E-state index is 9.82. The lowest BCUT2D eigenvalue weighted by Crippen LogP contribution is -1.79. The van der Waals surface area contributed by atoms with Crippen molar-refractivity contribution in [2.45, 2.75) is 0 Å². The fraction of sp³-hybridized carbons (Fsp3) is 0. The molecular weight excluding hydrogens is 237 g/mol. The molecule has 0 aliphatic carbocycles. The highest BCUT2D eigenvalue weighted by atomic mass is 35.5. The second-order valence-corrected chi connectivity index (χ2v) is 3.10. The van der Waals surface area contributed by atoms with E-state index in [9.17, 15) is 9.59 Å². The van der Waals surface area contributed by atoms with Gasteiger partial charge in [-0.05, 0) is 35.3 Å². The molecule has 0 fully saturated rings. The number of benzene rings is 1. The topological polar surface area (TPSA) is 60.2 Å². The molecular formula is C10H9Cl2NO2.